The lowest BCUT2D eigenvalue weighted by Gasteiger charge is -2.16. The van der Waals surface area contributed by atoms with Crippen molar-refractivity contribution >= 4 is 71.5 Å². The smallest absolute Gasteiger partial charge is 0.338 e. The normalized spacial score (nSPS) is 11.6. The molecule has 1 N–H and O–H groups in total. The molecule has 0 saturated carbocycles. The van der Waals surface area contributed by atoms with E-state index in [0.29, 0.717) is 32.1 Å². The number of hydrogen-bond acceptors (Lipinski definition) is 9. The molecule has 3 heterocycles. The second-order valence-electron chi connectivity index (χ2n) is 8.94. The van der Waals surface area contributed by atoms with E-state index in [1.54, 1.807) is 31.2 Å². The number of aromatic carboxylic acids is 1. The van der Waals surface area contributed by atoms with Gasteiger partial charge in [0.25, 0.3) is 5.56 Å². The Balaban J connectivity index is 1.52. The molecule has 0 unspecified atom stereocenters. The Morgan fingerprint density at radius 2 is 1.98 bits per heavy atom. The van der Waals surface area contributed by atoms with Crippen molar-refractivity contribution in [3.8, 4) is 22.9 Å². The van der Waals surface area contributed by atoms with Crippen molar-refractivity contribution in [1.29, 1.82) is 5.26 Å². The van der Waals surface area contributed by atoms with Crippen LogP contribution in [-0.4, -0.2) is 46.9 Å². The molecule has 208 valence electrons. The van der Waals surface area contributed by atoms with Crippen LogP contribution in [0.25, 0.3) is 32.2 Å². The van der Waals surface area contributed by atoms with Crippen LogP contribution in [0, 0.1) is 18.3 Å². The van der Waals surface area contributed by atoms with Gasteiger partial charge < -0.3 is 9.84 Å². The van der Waals surface area contributed by atoms with Crippen molar-refractivity contribution in [2.24, 2.45) is 0 Å². The Kier molecular flexibility index (Phi) is 7.48. The summed E-state index contributed by atoms with van der Waals surface area (Å²) in [7, 11) is -3.78. The fraction of sp³-hybridized carbons (Fsp3) is 0.148. The van der Waals surface area contributed by atoms with Crippen LogP contribution in [0.2, 0.25) is 10.0 Å². The maximum absolute atomic E-state index is 13.5. The van der Waals surface area contributed by atoms with E-state index in [1.807, 2.05) is 6.07 Å². The first kappa shape index (κ1) is 28.5. The summed E-state index contributed by atoms with van der Waals surface area (Å²) >= 11 is 13.8. The molecule has 0 amide bonds. The van der Waals surface area contributed by atoms with E-state index >= 15 is 0 Å². The summed E-state index contributed by atoms with van der Waals surface area (Å²) < 4.78 is 32.4. The molecule has 0 fully saturated rings. The number of sulfone groups is 1. The third-order valence-electron chi connectivity index (χ3n) is 6.34. The molecule has 5 rings (SSSR count). The zero-order valence-electron chi connectivity index (χ0n) is 21.3. The van der Waals surface area contributed by atoms with Gasteiger partial charge in [0.05, 0.1) is 48.7 Å². The van der Waals surface area contributed by atoms with Gasteiger partial charge in [-0.05, 0) is 37.3 Å². The average molecular weight is 630 g/mol. The number of rotatable bonds is 7. The highest BCUT2D eigenvalue weighted by Crippen LogP contribution is 2.39. The number of aromatic nitrogens is 3. The molecule has 0 aliphatic rings. The Labute approximate surface area is 246 Å². The highest BCUT2D eigenvalue weighted by Gasteiger charge is 2.23. The minimum atomic E-state index is -3.78. The number of benzene rings is 2. The van der Waals surface area contributed by atoms with Gasteiger partial charge in [0.1, 0.15) is 24.3 Å². The van der Waals surface area contributed by atoms with Crippen molar-refractivity contribution in [3.63, 3.8) is 0 Å². The van der Waals surface area contributed by atoms with Crippen molar-refractivity contribution in [2.75, 3.05) is 12.9 Å². The first-order valence-corrected chi connectivity index (χ1v) is 15.3. The average Bonchev–Trinajstić information content (AvgIpc) is 3.35. The number of fused-ring (bicyclic) bond motifs is 2. The molecule has 41 heavy (non-hydrogen) atoms. The third-order valence-corrected chi connectivity index (χ3v) is 9.21. The summed E-state index contributed by atoms with van der Waals surface area (Å²) in [5.74, 6) is -0.365. The molecular weight excluding hydrogens is 611 g/mol. The number of pyridine rings is 1. The van der Waals surface area contributed by atoms with Crippen LogP contribution >= 0.6 is 34.5 Å². The fourth-order valence-corrected chi connectivity index (χ4v) is 7.03. The molecule has 0 aliphatic heterocycles. The summed E-state index contributed by atoms with van der Waals surface area (Å²) in [6, 6.07) is 9.78. The zero-order chi connectivity index (χ0) is 29.6. The number of carbonyl (C=O) groups is 1. The number of halogens is 2. The first-order chi connectivity index (χ1) is 19.4. The summed E-state index contributed by atoms with van der Waals surface area (Å²) in [6.07, 6.45) is 2.47. The standard InChI is InChI=1S/C27H18Cl2N4O6S2/c1-13-32-19-10-21(41(2,37)38)23(29)17(11-30)22(19)26(34)33(13)7-8-39-20-4-3-14(28)9-16(20)15-5-6-31-24-18(27(35)36)12-40-25(15)24/h3-6,9-10,12H,7-8H2,1-2H3,(H,35,36). The van der Waals surface area contributed by atoms with E-state index in [4.69, 9.17) is 27.9 Å². The lowest BCUT2D eigenvalue weighted by atomic mass is 10.0. The lowest BCUT2D eigenvalue weighted by molar-refractivity contribution is 0.0699. The molecule has 0 bridgehead atoms. The minimum absolute atomic E-state index is 0.0126. The highest BCUT2D eigenvalue weighted by atomic mass is 35.5. The number of thiophene rings is 1. The SMILES string of the molecule is Cc1nc2cc(S(C)(=O)=O)c(Cl)c(C#N)c2c(=O)n1CCOc1ccc(Cl)cc1-c1ccnc2c(C(=O)O)csc12. The van der Waals surface area contributed by atoms with Crippen LogP contribution in [0.5, 0.6) is 5.75 Å². The van der Waals surface area contributed by atoms with Crippen molar-refractivity contribution < 1.29 is 23.1 Å². The molecule has 10 nitrogen and oxygen atoms in total. The molecule has 0 aliphatic carbocycles. The number of hydrogen-bond donors (Lipinski definition) is 1. The highest BCUT2D eigenvalue weighted by molar-refractivity contribution is 7.90. The van der Waals surface area contributed by atoms with Gasteiger partial charge in [-0.3, -0.25) is 14.3 Å². The minimum Gasteiger partial charge on any atom is -0.491 e. The number of aryl methyl sites for hydroxylation is 1. The molecule has 0 radical (unpaired) electrons. The number of nitrogens with zero attached hydrogens (tertiary/aromatic N) is 4. The Morgan fingerprint density at radius 3 is 2.66 bits per heavy atom. The van der Waals surface area contributed by atoms with Crippen LogP contribution in [0.3, 0.4) is 0 Å². The van der Waals surface area contributed by atoms with Gasteiger partial charge >= 0.3 is 5.97 Å². The second-order valence-corrected chi connectivity index (χ2v) is 12.6. The van der Waals surface area contributed by atoms with Crippen LogP contribution in [0.15, 0.2) is 51.6 Å². The van der Waals surface area contributed by atoms with E-state index in [-0.39, 0.29) is 50.9 Å². The Morgan fingerprint density at radius 1 is 1.22 bits per heavy atom. The predicted molar refractivity (Wildman–Crippen MR) is 156 cm³/mol. The van der Waals surface area contributed by atoms with Gasteiger partial charge in [0, 0.05) is 34.0 Å². The summed E-state index contributed by atoms with van der Waals surface area (Å²) in [4.78, 5) is 33.4. The molecule has 3 aromatic heterocycles. The molecule has 5 aromatic rings. The molecule has 14 heteroatoms. The third kappa shape index (κ3) is 5.13. The van der Waals surface area contributed by atoms with E-state index in [1.165, 1.54) is 33.5 Å². The number of nitriles is 1. The van der Waals surface area contributed by atoms with Crippen molar-refractivity contribution in [1.82, 2.24) is 14.5 Å². The van der Waals surface area contributed by atoms with Crippen LogP contribution in [0.1, 0.15) is 21.7 Å². The maximum Gasteiger partial charge on any atom is 0.338 e. The Bertz CT molecular complexity index is 2120. The molecule has 0 spiro atoms. The van der Waals surface area contributed by atoms with Crippen LogP contribution in [-0.2, 0) is 16.4 Å². The monoisotopic (exact) mass is 628 g/mol. The molecule has 0 atom stereocenters. The Hall–Kier alpha value is -4.02. The fourth-order valence-electron chi connectivity index (χ4n) is 4.46. The molecule has 0 saturated heterocycles. The molecule has 2 aromatic carbocycles. The number of ether oxygens (including phenoxy) is 1. The summed E-state index contributed by atoms with van der Waals surface area (Å²) in [6.45, 7) is 1.64. The van der Waals surface area contributed by atoms with Crippen LogP contribution < -0.4 is 10.3 Å². The van der Waals surface area contributed by atoms with Gasteiger partial charge in [-0.1, -0.05) is 23.2 Å². The first-order valence-electron chi connectivity index (χ1n) is 11.8. The van der Waals surface area contributed by atoms with E-state index in [2.05, 4.69) is 9.97 Å². The van der Waals surface area contributed by atoms with Crippen molar-refractivity contribution in [2.45, 2.75) is 18.4 Å². The van der Waals surface area contributed by atoms with Gasteiger partial charge in [-0.2, -0.15) is 5.26 Å². The summed E-state index contributed by atoms with van der Waals surface area (Å²) in [5, 5.41) is 20.7. The van der Waals surface area contributed by atoms with E-state index in [0.717, 1.165) is 6.26 Å². The largest absolute Gasteiger partial charge is 0.491 e. The predicted octanol–water partition coefficient (Wildman–Crippen LogP) is 5.34. The van der Waals surface area contributed by atoms with E-state index in [9.17, 15) is 28.4 Å². The van der Waals surface area contributed by atoms with Crippen molar-refractivity contribution in [3.05, 3.63) is 79.3 Å². The van der Waals surface area contributed by atoms with Gasteiger partial charge in [-0.25, -0.2) is 18.2 Å². The van der Waals surface area contributed by atoms with Gasteiger partial charge in [-0.15, -0.1) is 11.3 Å². The molecular formula is C27H18Cl2N4O6S2. The number of carboxylic acids is 1. The van der Waals surface area contributed by atoms with Crippen LogP contribution in [0.4, 0.5) is 0 Å². The summed E-state index contributed by atoms with van der Waals surface area (Å²) in [5.41, 5.74) is 0.940. The topological polar surface area (TPSA) is 152 Å². The zero-order valence-corrected chi connectivity index (χ0v) is 24.5. The van der Waals surface area contributed by atoms with E-state index < -0.39 is 21.4 Å². The lowest BCUT2D eigenvalue weighted by Crippen LogP contribution is -2.27. The second kappa shape index (κ2) is 10.8. The van der Waals surface area contributed by atoms with Gasteiger partial charge in [0.2, 0.25) is 0 Å². The number of carboxylic acid groups (broad SMARTS) is 1. The maximum atomic E-state index is 13.5. The van der Waals surface area contributed by atoms with Gasteiger partial charge in [0.15, 0.2) is 9.84 Å². The quantitative estimate of drug-likeness (QED) is 0.251.